The number of carbonyl (C=O) groups is 1. The molecule has 1 heterocycles. The Morgan fingerprint density at radius 3 is 1.89 bits per heavy atom. The first kappa shape index (κ1) is 23.8. The minimum absolute atomic E-state index is 0.0172. The van der Waals surface area contributed by atoms with Crippen molar-refractivity contribution in [3.63, 3.8) is 0 Å². The van der Waals surface area contributed by atoms with Gasteiger partial charge in [-0.3, -0.25) is 9.48 Å². The molecule has 1 aliphatic heterocycles. The van der Waals surface area contributed by atoms with Crippen LogP contribution in [0.1, 0.15) is 51.9 Å². The van der Waals surface area contributed by atoms with Crippen LogP contribution in [0.2, 0.25) is 0 Å². The molecular formula is C18H28BF4N3O2. The van der Waals surface area contributed by atoms with Gasteiger partial charge in [-0.1, -0.05) is 0 Å². The van der Waals surface area contributed by atoms with Gasteiger partial charge in [0.25, 0.3) is 0 Å². The number of nitrogens with one attached hydrogen (secondary N) is 1. The Morgan fingerprint density at radius 1 is 1.07 bits per heavy atom. The van der Waals surface area contributed by atoms with E-state index in [0.717, 1.165) is 24.7 Å². The zero-order valence-electron chi connectivity index (χ0n) is 17.1. The predicted octanol–water partition coefficient (Wildman–Crippen LogP) is 4.38. The second kappa shape index (κ2) is 8.40. The molecule has 1 aliphatic rings. The Balaban J connectivity index is 0.000000696. The molecule has 0 aliphatic carbocycles. The van der Waals surface area contributed by atoms with E-state index in [1.165, 1.54) is 0 Å². The van der Waals surface area contributed by atoms with E-state index in [0.29, 0.717) is 5.56 Å². The molecule has 2 N–H and O–H groups in total. The van der Waals surface area contributed by atoms with Gasteiger partial charge < -0.3 is 22.4 Å². The number of carboxylic acid groups (broad SMARTS) is 1. The van der Waals surface area contributed by atoms with E-state index in [1.807, 2.05) is 12.1 Å². The standard InChI is InChI=1S/C18H27N3O2.BF4/c1-17(2,3)20-11-12-21(18(4,5)6)16(20)19-14-9-7-13(8-10-14)15(22)23;2-1(3,4)5/h7-10H,11-12H2,1-6H3,(H,22,23);/q;-1/p+1. The lowest BCUT2D eigenvalue weighted by atomic mass is 10.1. The normalized spacial score (nSPS) is 15.3. The maximum absolute atomic E-state index is 11.0. The van der Waals surface area contributed by atoms with Gasteiger partial charge in [0.05, 0.1) is 35.4 Å². The zero-order chi connectivity index (χ0) is 21.9. The van der Waals surface area contributed by atoms with Gasteiger partial charge in [-0.15, -0.1) is 0 Å². The van der Waals surface area contributed by atoms with Crippen LogP contribution in [0.15, 0.2) is 24.3 Å². The van der Waals surface area contributed by atoms with Crippen molar-refractivity contribution < 1.29 is 31.7 Å². The van der Waals surface area contributed by atoms with Crippen LogP contribution in [0.3, 0.4) is 0 Å². The lowest BCUT2D eigenvalue weighted by Gasteiger charge is -2.29. The Morgan fingerprint density at radius 2 is 1.54 bits per heavy atom. The fraction of sp³-hybridized carbons (Fsp3) is 0.556. The van der Waals surface area contributed by atoms with Gasteiger partial charge >= 0.3 is 19.2 Å². The maximum Gasteiger partial charge on any atom is 0.673 e. The first-order chi connectivity index (χ1) is 12.5. The van der Waals surface area contributed by atoms with Crippen molar-refractivity contribution in [1.29, 1.82) is 0 Å². The lowest BCUT2D eigenvalue weighted by molar-refractivity contribution is -0.588. The molecule has 0 saturated heterocycles. The number of aromatic carboxylic acids is 1. The van der Waals surface area contributed by atoms with E-state index >= 15 is 0 Å². The van der Waals surface area contributed by atoms with Crippen molar-refractivity contribution in [3.8, 4) is 0 Å². The summed E-state index contributed by atoms with van der Waals surface area (Å²) in [7, 11) is -6.00. The van der Waals surface area contributed by atoms with Crippen LogP contribution < -0.4 is 5.32 Å². The lowest BCUT2D eigenvalue weighted by Crippen LogP contribution is -2.49. The van der Waals surface area contributed by atoms with E-state index in [-0.39, 0.29) is 11.1 Å². The molecular weight excluding hydrogens is 377 g/mol. The molecule has 5 nitrogen and oxygen atoms in total. The summed E-state index contributed by atoms with van der Waals surface area (Å²) in [5, 5.41) is 12.5. The topological polar surface area (TPSA) is 55.6 Å². The van der Waals surface area contributed by atoms with E-state index in [4.69, 9.17) is 5.11 Å². The number of nitrogens with zero attached hydrogens (tertiary/aromatic N) is 2. The highest BCUT2D eigenvalue weighted by atomic mass is 19.5. The van der Waals surface area contributed by atoms with Crippen molar-refractivity contribution in [1.82, 2.24) is 4.90 Å². The van der Waals surface area contributed by atoms with Crippen molar-refractivity contribution >= 4 is 24.9 Å². The summed E-state index contributed by atoms with van der Waals surface area (Å²) in [4.78, 5) is 13.3. The quantitative estimate of drug-likeness (QED) is 0.436. The fourth-order valence-corrected chi connectivity index (χ4v) is 2.82. The molecule has 1 aromatic carbocycles. The summed E-state index contributed by atoms with van der Waals surface area (Å²) >= 11 is 0. The van der Waals surface area contributed by atoms with Crippen LogP contribution in [0.4, 0.5) is 23.0 Å². The molecule has 158 valence electrons. The van der Waals surface area contributed by atoms with Gasteiger partial charge in [-0.25, -0.2) is 10.1 Å². The first-order valence-corrected chi connectivity index (χ1v) is 8.90. The van der Waals surface area contributed by atoms with Crippen LogP contribution in [0.25, 0.3) is 0 Å². The molecule has 0 atom stereocenters. The number of carboxylic acids is 1. The smallest absolute Gasteiger partial charge is 0.478 e. The van der Waals surface area contributed by atoms with Crippen LogP contribution in [0.5, 0.6) is 0 Å². The molecule has 1 aromatic rings. The number of guanidine groups is 1. The highest BCUT2D eigenvalue weighted by Crippen LogP contribution is 2.23. The zero-order valence-corrected chi connectivity index (χ0v) is 17.1. The van der Waals surface area contributed by atoms with E-state index in [2.05, 4.69) is 56.3 Å². The van der Waals surface area contributed by atoms with Crippen LogP contribution in [0, 0.1) is 0 Å². The van der Waals surface area contributed by atoms with Gasteiger partial charge in [0.15, 0.2) is 0 Å². The molecule has 0 spiro atoms. The second-order valence-electron chi connectivity index (χ2n) is 8.47. The van der Waals surface area contributed by atoms with E-state index < -0.39 is 13.2 Å². The molecule has 0 unspecified atom stereocenters. The van der Waals surface area contributed by atoms with Crippen LogP contribution in [-0.2, 0) is 0 Å². The monoisotopic (exact) mass is 405 g/mol. The second-order valence-corrected chi connectivity index (χ2v) is 8.47. The van der Waals surface area contributed by atoms with Crippen molar-refractivity contribution in [3.05, 3.63) is 29.8 Å². The number of rotatable bonds is 2. The van der Waals surface area contributed by atoms with Crippen molar-refractivity contribution in [2.45, 2.75) is 52.6 Å². The number of benzene rings is 1. The highest BCUT2D eigenvalue weighted by Gasteiger charge is 2.41. The molecule has 0 bridgehead atoms. The van der Waals surface area contributed by atoms with Gasteiger partial charge in [0.1, 0.15) is 0 Å². The van der Waals surface area contributed by atoms with Gasteiger partial charge in [-0.2, -0.15) is 0 Å². The SMILES string of the molecule is CC(C)(C)N1CC[N+](C(C)(C)C)=C1Nc1ccc(C(=O)O)cc1.F[B-](F)(F)F. The average molecular weight is 405 g/mol. The minimum Gasteiger partial charge on any atom is -0.478 e. The Kier molecular flexibility index (Phi) is 7.14. The molecule has 28 heavy (non-hydrogen) atoms. The van der Waals surface area contributed by atoms with Crippen molar-refractivity contribution in [2.24, 2.45) is 0 Å². The number of hydrogen-bond acceptors (Lipinski definition) is 3. The molecule has 0 aromatic heterocycles. The number of hydrogen-bond donors (Lipinski definition) is 2. The number of anilines is 1. The molecule has 2 rings (SSSR count). The summed E-state index contributed by atoms with van der Waals surface area (Å²) in [5.74, 6) is 0.172. The minimum atomic E-state index is -6.00. The summed E-state index contributed by atoms with van der Waals surface area (Å²) < 4.78 is 41.4. The molecule has 10 heteroatoms. The third-order valence-electron chi connectivity index (χ3n) is 4.07. The summed E-state index contributed by atoms with van der Waals surface area (Å²) in [6.45, 7) is 15.2. The van der Waals surface area contributed by atoms with Crippen LogP contribution >= 0.6 is 0 Å². The predicted molar refractivity (Wildman–Crippen MR) is 104 cm³/mol. The first-order valence-electron chi connectivity index (χ1n) is 8.90. The van der Waals surface area contributed by atoms with Gasteiger partial charge in [0.2, 0.25) is 0 Å². The van der Waals surface area contributed by atoms with Crippen molar-refractivity contribution in [2.75, 3.05) is 18.4 Å². The third kappa shape index (κ3) is 7.40. The largest absolute Gasteiger partial charge is 0.673 e. The molecule has 0 fully saturated rings. The molecule has 0 radical (unpaired) electrons. The van der Waals surface area contributed by atoms with Crippen LogP contribution in [-0.4, -0.2) is 57.9 Å². The van der Waals surface area contributed by atoms with Gasteiger partial charge in [-0.05, 0) is 65.8 Å². The number of halogens is 4. The summed E-state index contributed by atoms with van der Waals surface area (Å²) in [6.07, 6.45) is 0. The maximum atomic E-state index is 11.0. The summed E-state index contributed by atoms with van der Waals surface area (Å²) in [6, 6.07) is 6.89. The Labute approximate surface area is 163 Å². The van der Waals surface area contributed by atoms with E-state index in [1.54, 1.807) is 12.1 Å². The third-order valence-corrected chi connectivity index (χ3v) is 4.07. The fourth-order valence-electron chi connectivity index (χ4n) is 2.82. The summed E-state index contributed by atoms with van der Waals surface area (Å²) in [5.41, 5.74) is 1.23. The molecule has 0 amide bonds. The molecule has 0 saturated carbocycles. The average Bonchev–Trinajstić information content (AvgIpc) is 2.89. The highest BCUT2D eigenvalue weighted by molar-refractivity contribution is 6.50. The Bertz CT molecular complexity index is 714. The van der Waals surface area contributed by atoms with E-state index in [9.17, 15) is 22.1 Å². The Hall–Kier alpha value is -2.26. The van der Waals surface area contributed by atoms with Gasteiger partial charge in [0, 0.05) is 0 Å².